The summed E-state index contributed by atoms with van der Waals surface area (Å²) in [5, 5.41) is 3.22. The smallest absolute Gasteiger partial charge is 0.325 e. The van der Waals surface area contributed by atoms with Crippen LogP contribution in [0.5, 0.6) is 0 Å². The minimum absolute atomic E-state index is 0.140. The van der Waals surface area contributed by atoms with Crippen molar-refractivity contribution in [1.29, 1.82) is 0 Å². The molecule has 9 heteroatoms. The van der Waals surface area contributed by atoms with E-state index in [4.69, 9.17) is 4.74 Å². The Morgan fingerprint density at radius 2 is 1.74 bits per heavy atom. The molecule has 1 saturated heterocycles. The third kappa shape index (κ3) is 5.99. The fourth-order valence-electron chi connectivity index (χ4n) is 3.92. The van der Waals surface area contributed by atoms with Crippen molar-refractivity contribution < 1.29 is 22.5 Å². The largest absolute Gasteiger partial charge is 0.459 e. The van der Waals surface area contributed by atoms with Crippen LogP contribution in [-0.2, 0) is 25.5 Å². The molecule has 0 radical (unpaired) electrons. The molecule has 0 saturated carbocycles. The second-order valence-electron chi connectivity index (χ2n) is 9.91. The van der Waals surface area contributed by atoms with Crippen molar-refractivity contribution in [3.8, 4) is 11.3 Å². The standard InChI is InChI=1S/C25H33F2N3O3S/c1-23(2,3)33-22(31)25(12-14-28-15-13-25)34(5,32)20-8-6-18(7-9-20)21-17-29-19(16-30-21)10-11-24(4,26)27/h6-9,16-17,28H,5,10-15H2,1-4H3. The van der Waals surface area contributed by atoms with Crippen LogP contribution in [-0.4, -0.2) is 55.4 Å². The molecule has 1 fully saturated rings. The highest BCUT2D eigenvalue weighted by Crippen LogP contribution is 2.37. The number of halogens is 2. The molecule has 1 aliphatic heterocycles. The zero-order chi connectivity index (χ0) is 25.2. The maximum absolute atomic E-state index is 14.1. The van der Waals surface area contributed by atoms with Gasteiger partial charge in [0.15, 0.2) is 0 Å². The Balaban J connectivity index is 1.85. The van der Waals surface area contributed by atoms with Crippen LogP contribution in [0.4, 0.5) is 8.78 Å². The molecule has 2 heterocycles. The Morgan fingerprint density at radius 1 is 1.12 bits per heavy atom. The van der Waals surface area contributed by atoms with Crippen LogP contribution in [0, 0.1) is 0 Å². The van der Waals surface area contributed by atoms with Gasteiger partial charge >= 0.3 is 5.97 Å². The lowest BCUT2D eigenvalue weighted by molar-refractivity contribution is -0.158. The number of hydrogen-bond acceptors (Lipinski definition) is 6. The summed E-state index contributed by atoms with van der Waals surface area (Å²) in [6, 6.07) is 6.92. The number of aromatic nitrogens is 2. The minimum atomic E-state index is -3.04. The summed E-state index contributed by atoms with van der Waals surface area (Å²) in [5.41, 5.74) is 1.09. The number of carbonyl (C=O) groups is 1. The van der Waals surface area contributed by atoms with Crippen LogP contribution in [0.15, 0.2) is 41.6 Å². The minimum Gasteiger partial charge on any atom is -0.459 e. The topological polar surface area (TPSA) is 81.2 Å². The fraction of sp³-hybridized carbons (Fsp3) is 0.520. The highest BCUT2D eigenvalue weighted by Gasteiger charge is 2.50. The van der Waals surface area contributed by atoms with Gasteiger partial charge in [0.25, 0.3) is 0 Å². The summed E-state index contributed by atoms with van der Waals surface area (Å²) in [7, 11) is -3.04. The molecule has 6 nitrogen and oxygen atoms in total. The lowest BCUT2D eigenvalue weighted by atomic mass is 9.96. The van der Waals surface area contributed by atoms with Crippen LogP contribution in [0.2, 0.25) is 0 Å². The van der Waals surface area contributed by atoms with E-state index in [1.165, 1.54) is 12.4 Å². The van der Waals surface area contributed by atoms with E-state index < -0.39 is 31.8 Å². The van der Waals surface area contributed by atoms with Gasteiger partial charge in [-0.25, -0.2) is 8.78 Å². The van der Waals surface area contributed by atoms with Crippen LogP contribution >= 0.6 is 0 Å². The van der Waals surface area contributed by atoms with Crippen LogP contribution in [0.25, 0.3) is 11.3 Å². The molecule has 0 amide bonds. The van der Waals surface area contributed by atoms with E-state index in [-0.39, 0.29) is 12.8 Å². The van der Waals surface area contributed by atoms with Gasteiger partial charge in [-0.1, -0.05) is 12.1 Å². The first kappa shape index (κ1) is 26.2. The predicted molar refractivity (Wildman–Crippen MR) is 131 cm³/mol. The normalized spacial score (nSPS) is 18.2. The molecular formula is C25H33F2N3O3S. The number of nitrogens with one attached hydrogen (secondary N) is 1. The number of aryl methyl sites for hydroxylation is 1. The maximum Gasteiger partial charge on any atom is 0.325 e. The van der Waals surface area contributed by atoms with E-state index in [0.717, 1.165) is 12.5 Å². The van der Waals surface area contributed by atoms with E-state index in [9.17, 15) is 17.8 Å². The van der Waals surface area contributed by atoms with Crippen molar-refractivity contribution in [3.05, 3.63) is 42.4 Å². The van der Waals surface area contributed by atoms with Crippen molar-refractivity contribution in [2.24, 2.45) is 0 Å². The summed E-state index contributed by atoms with van der Waals surface area (Å²) in [4.78, 5) is 22.3. The maximum atomic E-state index is 14.1. The van der Waals surface area contributed by atoms with Crippen molar-refractivity contribution in [1.82, 2.24) is 15.3 Å². The predicted octanol–water partition coefficient (Wildman–Crippen LogP) is 4.27. The molecule has 2 aromatic rings. The Labute approximate surface area is 200 Å². The van der Waals surface area contributed by atoms with E-state index in [0.29, 0.717) is 42.2 Å². The quantitative estimate of drug-likeness (QED) is 0.458. The highest BCUT2D eigenvalue weighted by atomic mass is 32.2. The third-order valence-electron chi connectivity index (χ3n) is 5.87. The molecule has 1 N–H and O–H groups in total. The SMILES string of the molecule is C=S(=O)(c1ccc(-c2cnc(CCC(C)(F)F)cn2)cc1)C1(C(=O)OC(C)(C)C)CCNCC1. The summed E-state index contributed by atoms with van der Waals surface area (Å²) in [6.45, 7) is 7.36. The number of piperidine rings is 1. The monoisotopic (exact) mass is 493 g/mol. The number of carbonyl (C=O) groups excluding carboxylic acids is 1. The highest BCUT2D eigenvalue weighted by molar-refractivity contribution is 8.02. The average molecular weight is 494 g/mol. The second kappa shape index (κ2) is 9.70. The number of benzene rings is 1. The molecule has 0 spiro atoms. The molecular weight excluding hydrogens is 460 g/mol. The first-order valence-electron chi connectivity index (χ1n) is 11.3. The van der Waals surface area contributed by atoms with Gasteiger partial charge < -0.3 is 10.1 Å². The van der Waals surface area contributed by atoms with E-state index in [1.54, 1.807) is 45.0 Å². The average Bonchev–Trinajstić information content (AvgIpc) is 2.77. The molecule has 1 aromatic heterocycles. The van der Waals surface area contributed by atoms with Gasteiger partial charge in [0, 0.05) is 32.6 Å². The van der Waals surface area contributed by atoms with Gasteiger partial charge in [0.2, 0.25) is 5.92 Å². The number of ether oxygens (including phenoxy) is 1. The lowest BCUT2D eigenvalue weighted by Crippen LogP contribution is -2.55. The number of rotatable bonds is 7. The van der Waals surface area contributed by atoms with Gasteiger partial charge in [-0.15, -0.1) is 0 Å². The third-order valence-corrected chi connectivity index (χ3v) is 8.74. The fourth-order valence-corrected chi connectivity index (χ4v) is 6.12. The van der Waals surface area contributed by atoms with Gasteiger partial charge in [0.05, 0.1) is 17.6 Å². The van der Waals surface area contributed by atoms with Crippen LogP contribution < -0.4 is 5.32 Å². The summed E-state index contributed by atoms with van der Waals surface area (Å²) < 4.78 is 44.7. The summed E-state index contributed by atoms with van der Waals surface area (Å²) in [6.07, 6.45) is 3.62. The number of hydrogen-bond donors (Lipinski definition) is 1. The first-order chi connectivity index (χ1) is 15.7. The zero-order valence-electron chi connectivity index (χ0n) is 20.2. The molecule has 3 rings (SSSR count). The first-order valence-corrected chi connectivity index (χ1v) is 13.1. The molecule has 34 heavy (non-hydrogen) atoms. The molecule has 1 aliphatic rings. The van der Waals surface area contributed by atoms with E-state index in [2.05, 4.69) is 21.2 Å². The second-order valence-corrected chi connectivity index (χ2v) is 12.5. The lowest BCUT2D eigenvalue weighted by Gasteiger charge is -2.39. The molecule has 186 valence electrons. The van der Waals surface area contributed by atoms with Crippen molar-refractivity contribution in [2.75, 3.05) is 13.1 Å². The van der Waals surface area contributed by atoms with Gasteiger partial charge in [-0.3, -0.25) is 19.0 Å². The Morgan fingerprint density at radius 3 is 2.24 bits per heavy atom. The Bertz CT molecular complexity index is 1100. The zero-order valence-corrected chi connectivity index (χ0v) is 21.0. The number of esters is 1. The van der Waals surface area contributed by atoms with Gasteiger partial charge in [0.1, 0.15) is 10.3 Å². The Kier molecular flexibility index (Phi) is 7.48. The Hall–Kier alpha value is -2.39. The molecule has 1 unspecified atom stereocenters. The van der Waals surface area contributed by atoms with E-state index in [1.807, 2.05) is 0 Å². The molecule has 1 aromatic carbocycles. The molecule has 0 aliphatic carbocycles. The van der Waals surface area contributed by atoms with Gasteiger partial charge in [-0.05, 0) is 78.1 Å². The van der Waals surface area contributed by atoms with Crippen molar-refractivity contribution >= 4 is 21.4 Å². The molecule has 0 bridgehead atoms. The van der Waals surface area contributed by atoms with Crippen molar-refractivity contribution in [2.45, 2.75) is 74.5 Å². The number of nitrogens with zero attached hydrogens (tertiary/aromatic N) is 2. The summed E-state index contributed by atoms with van der Waals surface area (Å²) in [5.74, 6) is 0.822. The van der Waals surface area contributed by atoms with Gasteiger partial charge in [-0.2, -0.15) is 0 Å². The van der Waals surface area contributed by atoms with Crippen molar-refractivity contribution in [3.63, 3.8) is 0 Å². The number of alkyl halides is 2. The molecule has 1 atom stereocenters. The van der Waals surface area contributed by atoms with E-state index >= 15 is 0 Å². The van der Waals surface area contributed by atoms with Crippen LogP contribution in [0.1, 0.15) is 52.7 Å². The van der Waals surface area contributed by atoms with Crippen LogP contribution in [0.3, 0.4) is 0 Å². The summed E-state index contributed by atoms with van der Waals surface area (Å²) >= 11 is 0.